The highest BCUT2D eigenvalue weighted by molar-refractivity contribution is 7.13. The Balaban J connectivity index is 0.00000182. The van der Waals surface area contributed by atoms with E-state index in [9.17, 15) is 9.18 Å². The van der Waals surface area contributed by atoms with Crippen molar-refractivity contribution in [1.82, 2.24) is 15.2 Å². The van der Waals surface area contributed by atoms with Gasteiger partial charge < -0.3 is 15.0 Å². The fourth-order valence-electron chi connectivity index (χ4n) is 2.86. The van der Waals surface area contributed by atoms with Gasteiger partial charge in [-0.2, -0.15) is 0 Å². The first-order valence-electron chi connectivity index (χ1n) is 8.34. The van der Waals surface area contributed by atoms with Crippen molar-refractivity contribution in [1.29, 1.82) is 0 Å². The predicted octanol–water partition coefficient (Wildman–Crippen LogP) is 3.84. The third-order valence-electron chi connectivity index (χ3n) is 4.51. The Morgan fingerprint density at radius 1 is 1.33 bits per heavy atom. The van der Waals surface area contributed by atoms with Crippen LogP contribution in [0.15, 0.2) is 24.3 Å². The molecule has 2 atom stereocenters. The minimum atomic E-state index is -0.301. The van der Waals surface area contributed by atoms with Crippen molar-refractivity contribution in [2.45, 2.75) is 39.5 Å². The Morgan fingerprint density at radius 2 is 2.00 bits per heavy atom. The smallest absolute Gasteiger partial charge is 0.266 e. The van der Waals surface area contributed by atoms with Gasteiger partial charge in [-0.1, -0.05) is 0 Å². The van der Waals surface area contributed by atoms with Crippen LogP contribution in [0.3, 0.4) is 0 Å². The maximum Gasteiger partial charge on any atom is 0.266 e. The summed E-state index contributed by atoms with van der Waals surface area (Å²) in [5, 5.41) is 4.11. The van der Waals surface area contributed by atoms with Gasteiger partial charge in [0, 0.05) is 25.2 Å². The van der Waals surface area contributed by atoms with Crippen LogP contribution in [-0.4, -0.2) is 41.0 Å². The van der Waals surface area contributed by atoms with Crippen LogP contribution in [0.5, 0.6) is 5.75 Å². The summed E-state index contributed by atoms with van der Waals surface area (Å²) < 4.78 is 18.5. The zero-order valence-electron chi connectivity index (χ0n) is 15.4. The van der Waals surface area contributed by atoms with E-state index in [0.29, 0.717) is 17.2 Å². The van der Waals surface area contributed by atoms with E-state index in [1.54, 1.807) is 12.1 Å². The van der Waals surface area contributed by atoms with Crippen LogP contribution in [0.2, 0.25) is 0 Å². The molecule has 5 nitrogen and oxygen atoms in total. The van der Waals surface area contributed by atoms with Gasteiger partial charge in [-0.25, -0.2) is 9.37 Å². The fourth-order valence-corrected chi connectivity index (χ4v) is 3.80. The topological polar surface area (TPSA) is 54.5 Å². The number of carbonyl (C=O) groups is 1. The number of piperazine rings is 1. The molecule has 1 N–H and O–H groups in total. The van der Waals surface area contributed by atoms with E-state index in [1.165, 1.54) is 23.5 Å². The van der Waals surface area contributed by atoms with Crippen LogP contribution in [0.4, 0.5) is 4.39 Å². The summed E-state index contributed by atoms with van der Waals surface area (Å²) >= 11 is 1.37. The van der Waals surface area contributed by atoms with Crippen molar-refractivity contribution >= 4 is 42.1 Å². The van der Waals surface area contributed by atoms with E-state index in [1.807, 2.05) is 11.8 Å². The van der Waals surface area contributed by atoms with Gasteiger partial charge in [0.25, 0.3) is 5.91 Å². The van der Waals surface area contributed by atoms with Crippen molar-refractivity contribution in [2.24, 2.45) is 0 Å². The summed E-state index contributed by atoms with van der Waals surface area (Å²) in [5.41, 5.74) is 0.728. The summed E-state index contributed by atoms with van der Waals surface area (Å²) in [4.78, 5) is 19.9. The predicted molar refractivity (Wildman–Crippen MR) is 110 cm³/mol. The fraction of sp³-hybridized carbons (Fsp3) is 0.444. The number of thiazole rings is 1. The minimum Gasteiger partial charge on any atom is -0.486 e. The van der Waals surface area contributed by atoms with Crippen LogP contribution >= 0.6 is 36.2 Å². The average Bonchev–Trinajstić information content (AvgIpc) is 2.97. The second-order valence-electron chi connectivity index (χ2n) is 6.25. The number of benzene rings is 1. The molecule has 0 radical (unpaired) electrons. The molecule has 2 unspecified atom stereocenters. The Bertz CT molecular complexity index is 758. The largest absolute Gasteiger partial charge is 0.486 e. The molecule has 0 saturated carbocycles. The molecule has 27 heavy (non-hydrogen) atoms. The first-order valence-corrected chi connectivity index (χ1v) is 9.16. The molecule has 1 saturated heterocycles. The lowest BCUT2D eigenvalue weighted by atomic mass is 10.1. The van der Waals surface area contributed by atoms with E-state index >= 15 is 0 Å². The summed E-state index contributed by atoms with van der Waals surface area (Å²) in [7, 11) is 0. The summed E-state index contributed by atoms with van der Waals surface area (Å²) in [6.45, 7) is 7.76. The second kappa shape index (κ2) is 10.2. The van der Waals surface area contributed by atoms with Gasteiger partial charge >= 0.3 is 0 Å². The lowest BCUT2D eigenvalue weighted by Crippen LogP contribution is -2.57. The number of hydrogen-bond acceptors (Lipinski definition) is 5. The third-order valence-corrected chi connectivity index (χ3v) is 5.63. The molecule has 2 aromatic rings. The molecule has 0 aliphatic carbocycles. The lowest BCUT2D eigenvalue weighted by Gasteiger charge is -2.38. The maximum absolute atomic E-state index is 12.9. The molecule has 1 aliphatic heterocycles. The average molecular weight is 436 g/mol. The number of rotatable bonds is 4. The number of nitrogens with one attached hydrogen (secondary N) is 1. The van der Waals surface area contributed by atoms with Crippen molar-refractivity contribution in [2.75, 3.05) is 13.1 Å². The molecule has 0 bridgehead atoms. The first-order chi connectivity index (χ1) is 12.0. The van der Waals surface area contributed by atoms with E-state index < -0.39 is 0 Å². The Labute approximate surface area is 175 Å². The minimum absolute atomic E-state index is 0. The highest BCUT2D eigenvalue weighted by Gasteiger charge is 2.30. The van der Waals surface area contributed by atoms with Gasteiger partial charge in [-0.3, -0.25) is 4.79 Å². The first kappa shape index (κ1) is 23.6. The maximum atomic E-state index is 12.9. The molecule has 1 aromatic carbocycles. The number of aryl methyl sites for hydroxylation is 1. The highest BCUT2D eigenvalue weighted by atomic mass is 35.5. The molecule has 0 spiro atoms. The van der Waals surface area contributed by atoms with E-state index in [0.717, 1.165) is 17.2 Å². The monoisotopic (exact) mass is 435 g/mol. The second-order valence-corrected chi connectivity index (χ2v) is 7.33. The van der Waals surface area contributed by atoms with Gasteiger partial charge in [0.1, 0.15) is 28.1 Å². The number of carbonyl (C=O) groups excluding carboxylic acids is 1. The van der Waals surface area contributed by atoms with E-state index in [4.69, 9.17) is 4.74 Å². The molecule has 9 heteroatoms. The van der Waals surface area contributed by atoms with Crippen molar-refractivity contribution in [3.63, 3.8) is 0 Å². The van der Waals surface area contributed by atoms with Crippen molar-refractivity contribution in [3.05, 3.63) is 45.7 Å². The molecular formula is C18H24Cl2FN3O2S. The number of ether oxygens (including phenoxy) is 1. The summed E-state index contributed by atoms with van der Waals surface area (Å²) in [6, 6.07) is 6.26. The quantitative estimate of drug-likeness (QED) is 0.792. The molecule has 1 aromatic heterocycles. The standard InChI is InChI=1S/C18H22FN3O2S.2ClH/c1-11-13(3)22(9-8-20-11)18(23)17-12(2)21-16(25-17)10-24-15-6-4-14(19)5-7-15;;/h4-7,11,13,20H,8-10H2,1-3H3;2*1H. The van der Waals surface area contributed by atoms with Crippen LogP contribution < -0.4 is 10.1 Å². The van der Waals surface area contributed by atoms with Gasteiger partial charge in [-0.05, 0) is 45.0 Å². The van der Waals surface area contributed by atoms with Crippen LogP contribution in [0.25, 0.3) is 0 Å². The number of hydrogen-bond donors (Lipinski definition) is 1. The van der Waals surface area contributed by atoms with Gasteiger partial charge in [0.05, 0.1) is 5.69 Å². The number of amides is 1. The van der Waals surface area contributed by atoms with Gasteiger partial charge in [0.2, 0.25) is 0 Å². The van der Waals surface area contributed by atoms with E-state index in [-0.39, 0.29) is 55.2 Å². The molecule has 1 aliphatic rings. The zero-order chi connectivity index (χ0) is 18.0. The number of aromatic nitrogens is 1. The number of halogens is 3. The van der Waals surface area contributed by atoms with E-state index in [2.05, 4.69) is 24.1 Å². The van der Waals surface area contributed by atoms with Gasteiger partial charge in [-0.15, -0.1) is 36.2 Å². The highest BCUT2D eigenvalue weighted by Crippen LogP contribution is 2.24. The van der Waals surface area contributed by atoms with Gasteiger partial charge in [0.15, 0.2) is 0 Å². The Morgan fingerprint density at radius 3 is 2.67 bits per heavy atom. The normalized spacial score (nSPS) is 19.0. The molecular weight excluding hydrogens is 412 g/mol. The molecule has 1 amide bonds. The summed E-state index contributed by atoms with van der Waals surface area (Å²) in [5.74, 6) is 0.306. The summed E-state index contributed by atoms with van der Waals surface area (Å²) in [6.07, 6.45) is 0. The zero-order valence-corrected chi connectivity index (χ0v) is 17.8. The van der Waals surface area contributed by atoms with Crippen LogP contribution in [-0.2, 0) is 6.61 Å². The SMILES string of the molecule is Cc1nc(COc2ccc(F)cc2)sc1C(=O)N1CCNC(C)C1C.Cl.Cl. The van der Waals surface area contributed by atoms with Crippen LogP contribution in [0.1, 0.15) is 34.2 Å². The van der Waals surface area contributed by atoms with Crippen molar-refractivity contribution < 1.29 is 13.9 Å². The molecule has 2 heterocycles. The Kier molecular flexibility index (Phi) is 8.94. The number of nitrogens with zero attached hydrogens (tertiary/aromatic N) is 2. The lowest BCUT2D eigenvalue weighted by molar-refractivity contribution is 0.0607. The molecule has 1 fully saturated rings. The molecule has 150 valence electrons. The third kappa shape index (κ3) is 5.54. The molecule has 3 rings (SSSR count). The van der Waals surface area contributed by atoms with Crippen LogP contribution in [0, 0.1) is 12.7 Å². The van der Waals surface area contributed by atoms with Crippen molar-refractivity contribution in [3.8, 4) is 5.75 Å². The Hall–Kier alpha value is -1.41.